The minimum absolute atomic E-state index is 0.447. The smallest absolute Gasteiger partial charge is 0.0680 e. The third kappa shape index (κ3) is 0.976. The lowest BCUT2D eigenvalue weighted by molar-refractivity contribution is 0.204. The van der Waals surface area contributed by atoms with Crippen LogP contribution in [0.1, 0.15) is 19.3 Å². The highest BCUT2D eigenvalue weighted by molar-refractivity contribution is 5.25. The molecule has 2 heteroatoms. The van der Waals surface area contributed by atoms with E-state index in [2.05, 4.69) is 0 Å². The molecule has 0 spiro atoms. The molecule has 0 bridgehead atoms. The molecule has 2 fully saturated rings. The number of hydrogen-bond acceptors (Lipinski definition) is 2. The van der Waals surface area contributed by atoms with Gasteiger partial charge in [0.2, 0.25) is 0 Å². The van der Waals surface area contributed by atoms with E-state index in [1.165, 1.54) is 5.57 Å². The lowest BCUT2D eigenvalue weighted by atomic mass is 9.83. The van der Waals surface area contributed by atoms with Gasteiger partial charge in [-0.05, 0) is 24.8 Å². The molecule has 2 nitrogen and oxygen atoms in total. The van der Waals surface area contributed by atoms with Crippen molar-refractivity contribution in [3.05, 3.63) is 11.1 Å². The summed E-state index contributed by atoms with van der Waals surface area (Å²) in [7, 11) is 0. The first-order chi connectivity index (χ1) is 4.86. The lowest BCUT2D eigenvalue weighted by Gasteiger charge is -2.27. The monoisotopic (exact) mass is 139 g/mol. The van der Waals surface area contributed by atoms with Gasteiger partial charge < -0.3 is 10.5 Å². The van der Waals surface area contributed by atoms with E-state index in [-0.39, 0.29) is 0 Å². The maximum Gasteiger partial charge on any atom is 0.0680 e. The van der Waals surface area contributed by atoms with Gasteiger partial charge in [0.15, 0.2) is 0 Å². The normalized spacial score (nSPS) is 32.7. The first-order valence-corrected chi connectivity index (χ1v) is 3.89. The van der Waals surface area contributed by atoms with Crippen molar-refractivity contribution in [2.24, 2.45) is 5.73 Å². The highest BCUT2D eigenvalue weighted by atomic mass is 16.5. The van der Waals surface area contributed by atoms with E-state index in [4.69, 9.17) is 10.5 Å². The quantitative estimate of drug-likeness (QED) is 0.504. The number of nitrogens with two attached hydrogens (primary N) is 1. The van der Waals surface area contributed by atoms with Crippen LogP contribution in [0.2, 0.25) is 0 Å². The summed E-state index contributed by atoms with van der Waals surface area (Å²) in [6, 6.07) is 0.447. The van der Waals surface area contributed by atoms with Crippen LogP contribution in [0.3, 0.4) is 0 Å². The Morgan fingerprint density at radius 3 is 2.60 bits per heavy atom. The van der Waals surface area contributed by atoms with Crippen LogP contribution in [0.5, 0.6) is 0 Å². The molecule has 0 unspecified atom stereocenters. The van der Waals surface area contributed by atoms with E-state index in [1.807, 2.05) is 0 Å². The Balaban J connectivity index is 2.01. The molecule has 2 aliphatic rings. The Kier molecular flexibility index (Phi) is 1.51. The molecule has 2 rings (SSSR count). The summed E-state index contributed by atoms with van der Waals surface area (Å²) in [5, 5.41) is 0. The molecule has 1 aliphatic heterocycles. The summed E-state index contributed by atoms with van der Waals surface area (Å²) in [6.45, 7) is 1.80. The molecule has 0 amide bonds. The summed E-state index contributed by atoms with van der Waals surface area (Å²) in [5.41, 5.74) is 8.76. The molecule has 1 saturated carbocycles. The van der Waals surface area contributed by atoms with E-state index in [9.17, 15) is 0 Å². The second-order valence-corrected chi connectivity index (χ2v) is 3.18. The van der Waals surface area contributed by atoms with Crippen molar-refractivity contribution in [2.75, 3.05) is 13.2 Å². The van der Waals surface area contributed by atoms with Gasteiger partial charge in [0.25, 0.3) is 0 Å². The van der Waals surface area contributed by atoms with Crippen LogP contribution in [-0.2, 0) is 4.74 Å². The molecule has 0 radical (unpaired) electrons. The van der Waals surface area contributed by atoms with Crippen molar-refractivity contribution in [1.82, 2.24) is 0 Å². The molecule has 1 heterocycles. The average Bonchev–Trinajstić information content (AvgIpc) is 2.31. The Labute approximate surface area is 61.0 Å². The second kappa shape index (κ2) is 2.36. The summed E-state index contributed by atoms with van der Waals surface area (Å²) >= 11 is 0. The van der Waals surface area contributed by atoms with Gasteiger partial charge in [-0.3, -0.25) is 0 Å². The van der Waals surface area contributed by atoms with Gasteiger partial charge in [-0.1, -0.05) is 5.57 Å². The highest BCUT2D eigenvalue weighted by Crippen LogP contribution is 2.31. The van der Waals surface area contributed by atoms with Gasteiger partial charge in [-0.15, -0.1) is 0 Å². The van der Waals surface area contributed by atoms with Gasteiger partial charge in [-0.25, -0.2) is 0 Å². The van der Waals surface area contributed by atoms with E-state index in [0.29, 0.717) is 6.04 Å². The van der Waals surface area contributed by atoms with Crippen LogP contribution < -0.4 is 5.73 Å². The molecule has 1 aliphatic carbocycles. The SMILES string of the molecule is NC1CC(=C2CCOC2)C1. The maximum absolute atomic E-state index is 5.66. The number of hydrogen-bond donors (Lipinski definition) is 1. The summed E-state index contributed by atoms with van der Waals surface area (Å²) < 4.78 is 5.25. The van der Waals surface area contributed by atoms with Crippen LogP contribution in [0.15, 0.2) is 11.1 Å². The molecule has 0 aromatic heterocycles. The van der Waals surface area contributed by atoms with Crippen LogP contribution >= 0.6 is 0 Å². The van der Waals surface area contributed by atoms with Gasteiger partial charge in [0.05, 0.1) is 13.2 Å². The van der Waals surface area contributed by atoms with Crippen molar-refractivity contribution in [1.29, 1.82) is 0 Å². The van der Waals surface area contributed by atoms with Crippen LogP contribution in [-0.4, -0.2) is 19.3 Å². The first-order valence-electron chi connectivity index (χ1n) is 3.89. The predicted octanol–water partition coefficient (Wildman–Crippen LogP) is 0.824. The van der Waals surface area contributed by atoms with Crippen molar-refractivity contribution in [3.8, 4) is 0 Å². The molecule has 0 atom stereocenters. The van der Waals surface area contributed by atoms with Crippen molar-refractivity contribution >= 4 is 0 Å². The molecule has 1 saturated heterocycles. The van der Waals surface area contributed by atoms with E-state index in [1.54, 1.807) is 5.57 Å². The van der Waals surface area contributed by atoms with Crippen molar-refractivity contribution in [3.63, 3.8) is 0 Å². The summed E-state index contributed by atoms with van der Waals surface area (Å²) in [6.07, 6.45) is 3.40. The lowest BCUT2D eigenvalue weighted by Crippen LogP contribution is -2.31. The number of ether oxygens (including phenoxy) is 1. The van der Waals surface area contributed by atoms with E-state index < -0.39 is 0 Å². The second-order valence-electron chi connectivity index (χ2n) is 3.18. The minimum atomic E-state index is 0.447. The Bertz CT molecular complexity index is 158. The van der Waals surface area contributed by atoms with Crippen LogP contribution in [0, 0.1) is 0 Å². The fourth-order valence-electron chi connectivity index (χ4n) is 1.60. The largest absolute Gasteiger partial charge is 0.377 e. The molecule has 56 valence electrons. The minimum Gasteiger partial charge on any atom is -0.377 e. The van der Waals surface area contributed by atoms with E-state index in [0.717, 1.165) is 32.5 Å². The highest BCUT2D eigenvalue weighted by Gasteiger charge is 2.23. The summed E-state index contributed by atoms with van der Waals surface area (Å²) in [4.78, 5) is 0. The zero-order chi connectivity index (χ0) is 6.97. The maximum atomic E-state index is 5.66. The van der Waals surface area contributed by atoms with Crippen molar-refractivity contribution in [2.45, 2.75) is 25.3 Å². The average molecular weight is 139 g/mol. The molecule has 0 aromatic rings. The third-order valence-electron chi connectivity index (χ3n) is 2.34. The zero-order valence-electron chi connectivity index (χ0n) is 6.10. The molecule has 10 heavy (non-hydrogen) atoms. The molecule has 2 N–H and O–H groups in total. The number of rotatable bonds is 0. The third-order valence-corrected chi connectivity index (χ3v) is 2.34. The Morgan fingerprint density at radius 1 is 1.30 bits per heavy atom. The van der Waals surface area contributed by atoms with Gasteiger partial charge in [0, 0.05) is 6.04 Å². The molecular weight excluding hydrogens is 126 g/mol. The van der Waals surface area contributed by atoms with E-state index >= 15 is 0 Å². The fraction of sp³-hybridized carbons (Fsp3) is 0.750. The van der Waals surface area contributed by atoms with Gasteiger partial charge >= 0.3 is 0 Å². The van der Waals surface area contributed by atoms with Crippen molar-refractivity contribution < 1.29 is 4.74 Å². The first kappa shape index (κ1) is 6.38. The Morgan fingerprint density at radius 2 is 2.10 bits per heavy atom. The molecular formula is C8H13NO. The van der Waals surface area contributed by atoms with Crippen LogP contribution in [0.25, 0.3) is 0 Å². The van der Waals surface area contributed by atoms with Crippen LogP contribution in [0.4, 0.5) is 0 Å². The topological polar surface area (TPSA) is 35.2 Å². The molecule has 0 aromatic carbocycles. The fourth-order valence-corrected chi connectivity index (χ4v) is 1.60. The predicted molar refractivity (Wildman–Crippen MR) is 39.7 cm³/mol. The Hall–Kier alpha value is -0.340. The van der Waals surface area contributed by atoms with Gasteiger partial charge in [0.1, 0.15) is 0 Å². The zero-order valence-corrected chi connectivity index (χ0v) is 6.10. The standard InChI is InChI=1S/C8H13NO/c9-8-3-7(4-8)6-1-2-10-5-6/h8H,1-5,9H2. The van der Waals surface area contributed by atoms with Gasteiger partial charge in [-0.2, -0.15) is 0 Å². The summed E-state index contributed by atoms with van der Waals surface area (Å²) in [5.74, 6) is 0.